The highest BCUT2D eigenvalue weighted by Gasteiger charge is 2.16. The third kappa shape index (κ3) is 3.75. The predicted octanol–water partition coefficient (Wildman–Crippen LogP) is 6.22. The topological polar surface area (TPSA) is 0 Å². The molecule has 1 aliphatic carbocycles. The van der Waals surface area contributed by atoms with Crippen molar-refractivity contribution in [3.63, 3.8) is 0 Å². The minimum atomic E-state index is 0.634. The second-order valence-corrected chi connectivity index (χ2v) is 6.91. The van der Waals surface area contributed by atoms with Crippen molar-refractivity contribution in [2.45, 2.75) is 71.6 Å². The Labute approximate surface area is 125 Å². The Morgan fingerprint density at radius 1 is 1.00 bits per heavy atom. The molecule has 0 bridgehead atoms. The number of benzene rings is 1. The van der Waals surface area contributed by atoms with Crippen molar-refractivity contribution in [2.75, 3.05) is 0 Å². The molecule has 1 aromatic carbocycles. The Bertz CT molecular complexity index is 425. The lowest BCUT2D eigenvalue weighted by molar-refractivity contribution is 0.444. The molecule has 0 amide bonds. The van der Waals surface area contributed by atoms with Crippen molar-refractivity contribution in [3.8, 4) is 0 Å². The van der Waals surface area contributed by atoms with Crippen LogP contribution in [0.1, 0.15) is 81.9 Å². The van der Waals surface area contributed by atoms with E-state index in [0.29, 0.717) is 11.8 Å². The van der Waals surface area contributed by atoms with E-state index < -0.39 is 0 Å². The van der Waals surface area contributed by atoms with Crippen LogP contribution in [-0.2, 0) is 6.42 Å². The molecule has 0 heteroatoms. The molecule has 20 heavy (non-hydrogen) atoms. The van der Waals surface area contributed by atoms with Crippen LogP contribution in [0, 0.1) is 5.92 Å². The fraction of sp³-hybridized carbons (Fsp3) is 0.600. The summed E-state index contributed by atoms with van der Waals surface area (Å²) in [6.45, 7) is 9.30. The molecule has 0 radical (unpaired) electrons. The van der Waals surface area contributed by atoms with Crippen molar-refractivity contribution < 1.29 is 0 Å². The Morgan fingerprint density at radius 3 is 2.15 bits per heavy atom. The Balaban J connectivity index is 2.17. The van der Waals surface area contributed by atoms with E-state index in [1.54, 1.807) is 16.7 Å². The van der Waals surface area contributed by atoms with Crippen LogP contribution in [0.5, 0.6) is 0 Å². The number of allylic oxidation sites excluding steroid dienone is 2. The van der Waals surface area contributed by atoms with E-state index in [2.05, 4.69) is 58.0 Å². The summed E-state index contributed by atoms with van der Waals surface area (Å²) >= 11 is 0. The molecular weight excluding hydrogens is 240 g/mol. The average molecular weight is 270 g/mol. The Kier molecular flexibility index (Phi) is 5.46. The normalized spacial score (nSPS) is 19.0. The van der Waals surface area contributed by atoms with Gasteiger partial charge in [-0.05, 0) is 66.5 Å². The van der Waals surface area contributed by atoms with Gasteiger partial charge in [0.05, 0.1) is 0 Å². The highest BCUT2D eigenvalue weighted by molar-refractivity contribution is 5.39. The van der Waals surface area contributed by atoms with E-state index in [1.807, 2.05) is 0 Å². The maximum atomic E-state index is 2.38. The SMILES string of the molecule is CC(C)c1cccc(C(C)C)c1CCC1CC=CCC1. The fourth-order valence-corrected chi connectivity index (χ4v) is 3.46. The van der Waals surface area contributed by atoms with Crippen molar-refractivity contribution >= 4 is 0 Å². The summed E-state index contributed by atoms with van der Waals surface area (Å²) in [5.74, 6) is 2.17. The number of hydrogen-bond donors (Lipinski definition) is 0. The molecule has 1 unspecified atom stereocenters. The van der Waals surface area contributed by atoms with Crippen molar-refractivity contribution in [1.82, 2.24) is 0 Å². The lowest BCUT2D eigenvalue weighted by atomic mass is 9.83. The second kappa shape index (κ2) is 7.11. The summed E-state index contributed by atoms with van der Waals surface area (Å²) in [5.41, 5.74) is 4.79. The van der Waals surface area contributed by atoms with Crippen LogP contribution < -0.4 is 0 Å². The summed E-state index contributed by atoms with van der Waals surface area (Å²) in [4.78, 5) is 0. The zero-order chi connectivity index (χ0) is 14.5. The van der Waals surface area contributed by atoms with Crippen molar-refractivity contribution in [1.29, 1.82) is 0 Å². The molecule has 0 fully saturated rings. The molecule has 1 atom stereocenters. The van der Waals surface area contributed by atoms with E-state index in [-0.39, 0.29) is 0 Å². The molecule has 1 aliphatic rings. The minimum Gasteiger partial charge on any atom is -0.0885 e. The molecule has 0 N–H and O–H groups in total. The quantitative estimate of drug-likeness (QED) is 0.557. The van der Waals surface area contributed by atoms with Gasteiger partial charge in [-0.25, -0.2) is 0 Å². The second-order valence-electron chi connectivity index (χ2n) is 6.91. The van der Waals surface area contributed by atoms with Gasteiger partial charge in [-0.1, -0.05) is 58.0 Å². The standard InChI is InChI=1S/C20H30/c1-15(2)18-11-8-12-19(16(3)4)20(18)14-13-17-9-6-5-7-10-17/h5-6,8,11-12,15-17H,7,9-10,13-14H2,1-4H3. The summed E-state index contributed by atoms with van der Waals surface area (Å²) < 4.78 is 0. The van der Waals surface area contributed by atoms with Gasteiger partial charge in [0.2, 0.25) is 0 Å². The number of hydrogen-bond acceptors (Lipinski definition) is 0. The van der Waals surface area contributed by atoms with Crippen LogP contribution in [0.15, 0.2) is 30.4 Å². The molecule has 0 saturated heterocycles. The largest absolute Gasteiger partial charge is 0.0885 e. The molecule has 110 valence electrons. The maximum absolute atomic E-state index is 2.38. The first-order valence-corrected chi connectivity index (χ1v) is 8.36. The summed E-state index contributed by atoms with van der Waals surface area (Å²) in [6.07, 6.45) is 11.3. The van der Waals surface area contributed by atoms with Gasteiger partial charge in [-0.3, -0.25) is 0 Å². The van der Waals surface area contributed by atoms with Gasteiger partial charge in [0, 0.05) is 0 Å². The van der Waals surface area contributed by atoms with E-state index in [4.69, 9.17) is 0 Å². The van der Waals surface area contributed by atoms with Gasteiger partial charge in [-0.15, -0.1) is 0 Å². The van der Waals surface area contributed by atoms with Gasteiger partial charge in [0.25, 0.3) is 0 Å². The van der Waals surface area contributed by atoms with Crippen LogP contribution in [0.4, 0.5) is 0 Å². The first kappa shape index (κ1) is 15.4. The highest BCUT2D eigenvalue weighted by atomic mass is 14.2. The van der Waals surface area contributed by atoms with Crippen LogP contribution in [0.2, 0.25) is 0 Å². The summed E-state index contributed by atoms with van der Waals surface area (Å²) in [5, 5.41) is 0. The molecule has 0 heterocycles. The minimum absolute atomic E-state index is 0.634. The summed E-state index contributed by atoms with van der Waals surface area (Å²) in [6, 6.07) is 6.93. The first-order valence-electron chi connectivity index (χ1n) is 8.36. The molecular formula is C20H30. The molecule has 0 nitrogen and oxygen atoms in total. The van der Waals surface area contributed by atoms with Crippen LogP contribution in [0.3, 0.4) is 0 Å². The van der Waals surface area contributed by atoms with E-state index in [1.165, 1.54) is 32.1 Å². The maximum Gasteiger partial charge on any atom is -0.0216 e. The van der Waals surface area contributed by atoms with E-state index in [0.717, 1.165) is 5.92 Å². The lowest BCUT2D eigenvalue weighted by Gasteiger charge is -2.23. The van der Waals surface area contributed by atoms with Gasteiger partial charge >= 0.3 is 0 Å². The molecule has 1 aromatic rings. The van der Waals surface area contributed by atoms with E-state index >= 15 is 0 Å². The third-order valence-corrected chi connectivity index (χ3v) is 4.67. The molecule has 0 aliphatic heterocycles. The lowest BCUT2D eigenvalue weighted by Crippen LogP contribution is -2.08. The molecule has 0 saturated carbocycles. The monoisotopic (exact) mass is 270 g/mol. The molecule has 0 spiro atoms. The zero-order valence-electron chi connectivity index (χ0n) is 13.7. The van der Waals surface area contributed by atoms with Gasteiger partial charge < -0.3 is 0 Å². The van der Waals surface area contributed by atoms with Crippen LogP contribution >= 0.6 is 0 Å². The van der Waals surface area contributed by atoms with Crippen molar-refractivity contribution in [3.05, 3.63) is 47.0 Å². The van der Waals surface area contributed by atoms with Crippen LogP contribution in [-0.4, -0.2) is 0 Å². The average Bonchev–Trinajstić information content (AvgIpc) is 2.45. The fourth-order valence-electron chi connectivity index (χ4n) is 3.46. The van der Waals surface area contributed by atoms with Crippen molar-refractivity contribution in [2.24, 2.45) is 5.92 Å². The zero-order valence-corrected chi connectivity index (χ0v) is 13.7. The smallest absolute Gasteiger partial charge is 0.0216 e. The first-order chi connectivity index (χ1) is 9.59. The highest BCUT2D eigenvalue weighted by Crippen LogP contribution is 2.31. The molecule has 0 aromatic heterocycles. The molecule has 2 rings (SSSR count). The van der Waals surface area contributed by atoms with Gasteiger partial charge in [-0.2, -0.15) is 0 Å². The third-order valence-electron chi connectivity index (χ3n) is 4.67. The Morgan fingerprint density at radius 2 is 1.65 bits per heavy atom. The van der Waals surface area contributed by atoms with Gasteiger partial charge in [0.1, 0.15) is 0 Å². The predicted molar refractivity (Wildman–Crippen MR) is 89.4 cm³/mol. The van der Waals surface area contributed by atoms with E-state index in [9.17, 15) is 0 Å². The summed E-state index contributed by atoms with van der Waals surface area (Å²) in [7, 11) is 0. The number of rotatable bonds is 5. The van der Waals surface area contributed by atoms with Gasteiger partial charge in [0.15, 0.2) is 0 Å². The Hall–Kier alpha value is -1.04. The van der Waals surface area contributed by atoms with Crippen LogP contribution in [0.25, 0.3) is 0 Å².